The molecule has 1 aromatic rings. The first kappa shape index (κ1) is 18.0. The van der Waals surface area contributed by atoms with Crippen molar-refractivity contribution in [1.82, 2.24) is 5.32 Å². The summed E-state index contributed by atoms with van der Waals surface area (Å²) in [6.45, 7) is 10.0. The summed E-state index contributed by atoms with van der Waals surface area (Å²) in [5.41, 5.74) is 2.63. The van der Waals surface area contributed by atoms with Gasteiger partial charge in [-0.3, -0.25) is 0 Å². The van der Waals surface area contributed by atoms with Crippen molar-refractivity contribution < 1.29 is 4.74 Å². The molecule has 2 heteroatoms. The SMILES string of the molecule is CCCCC(CC)C(NCCC)c1cc(C)ccc1OC. The van der Waals surface area contributed by atoms with Crippen LogP contribution >= 0.6 is 0 Å². The average Bonchev–Trinajstić information content (AvgIpc) is 2.50. The number of methoxy groups -OCH3 is 1. The molecule has 0 aliphatic carbocycles. The highest BCUT2D eigenvalue weighted by Crippen LogP contribution is 2.35. The predicted molar refractivity (Wildman–Crippen MR) is 92.1 cm³/mol. The Balaban J connectivity index is 3.07. The minimum atomic E-state index is 0.399. The number of rotatable bonds is 10. The molecule has 0 radical (unpaired) electrons. The van der Waals surface area contributed by atoms with Crippen molar-refractivity contribution in [1.29, 1.82) is 0 Å². The van der Waals surface area contributed by atoms with Crippen LogP contribution in [-0.2, 0) is 0 Å². The minimum absolute atomic E-state index is 0.399. The van der Waals surface area contributed by atoms with Gasteiger partial charge in [-0.1, -0.05) is 57.7 Å². The van der Waals surface area contributed by atoms with E-state index in [1.165, 1.54) is 36.8 Å². The molecule has 0 saturated carbocycles. The summed E-state index contributed by atoms with van der Waals surface area (Å²) >= 11 is 0. The molecular weight excluding hydrogens is 258 g/mol. The van der Waals surface area contributed by atoms with Gasteiger partial charge in [0.1, 0.15) is 5.75 Å². The van der Waals surface area contributed by atoms with Crippen LogP contribution in [0.2, 0.25) is 0 Å². The third-order valence-corrected chi connectivity index (χ3v) is 4.26. The molecule has 1 rings (SSSR count). The fourth-order valence-electron chi connectivity index (χ4n) is 3.00. The molecule has 120 valence electrons. The van der Waals surface area contributed by atoms with Crippen molar-refractivity contribution in [2.24, 2.45) is 5.92 Å². The van der Waals surface area contributed by atoms with E-state index in [1.54, 1.807) is 7.11 Å². The first-order chi connectivity index (χ1) is 10.2. The van der Waals surface area contributed by atoms with Crippen LogP contribution < -0.4 is 10.1 Å². The van der Waals surface area contributed by atoms with Crippen molar-refractivity contribution in [3.8, 4) is 5.75 Å². The third kappa shape index (κ3) is 5.35. The molecule has 0 amide bonds. The number of hydrogen-bond donors (Lipinski definition) is 1. The molecule has 0 spiro atoms. The van der Waals surface area contributed by atoms with Crippen molar-refractivity contribution in [3.63, 3.8) is 0 Å². The van der Waals surface area contributed by atoms with Crippen LogP contribution in [0.3, 0.4) is 0 Å². The Kier molecular flexibility index (Phi) is 8.44. The van der Waals surface area contributed by atoms with E-state index in [-0.39, 0.29) is 0 Å². The Morgan fingerprint density at radius 3 is 2.48 bits per heavy atom. The summed E-state index contributed by atoms with van der Waals surface area (Å²) in [4.78, 5) is 0. The van der Waals surface area contributed by atoms with Gasteiger partial charge in [0.25, 0.3) is 0 Å². The first-order valence-electron chi connectivity index (χ1n) is 8.55. The lowest BCUT2D eigenvalue weighted by Crippen LogP contribution is -2.29. The quantitative estimate of drug-likeness (QED) is 0.635. The van der Waals surface area contributed by atoms with Crippen molar-refractivity contribution in [2.75, 3.05) is 13.7 Å². The topological polar surface area (TPSA) is 21.3 Å². The van der Waals surface area contributed by atoms with Crippen molar-refractivity contribution in [3.05, 3.63) is 29.3 Å². The average molecular weight is 291 g/mol. The molecule has 0 aromatic heterocycles. The summed E-state index contributed by atoms with van der Waals surface area (Å²) in [6, 6.07) is 6.93. The van der Waals surface area contributed by atoms with E-state index in [0.29, 0.717) is 12.0 Å². The van der Waals surface area contributed by atoms with Crippen LogP contribution in [0.5, 0.6) is 5.75 Å². The molecule has 1 aromatic carbocycles. The third-order valence-electron chi connectivity index (χ3n) is 4.26. The molecular formula is C19H33NO. The van der Waals surface area contributed by atoms with E-state index in [4.69, 9.17) is 4.74 Å². The van der Waals surface area contributed by atoms with Gasteiger partial charge in [-0.2, -0.15) is 0 Å². The van der Waals surface area contributed by atoms with E-state index >= 15 is 0 Å². The van der Waals surface area contributed by atoms with Gasteiger partial charge in [0.2, 0.25) is 0 Å². The largest absolute Gasteiger partial charge is 0.496 e. The van der Waals surface area contributed by atoms with Crippen molar-refractivity contribution >= 4 is 0 Å². The zero-order chi connectivity index (χ0) is 15.7. The zero-order valence-corrected chi connectivity index (χ0v) is 14.5. The van der Waals surface area contributed by atoms with Crippen LogP contribution in [0, 0.1) is 12.8 Å². The standard InChI is InChI=1S/C19H33NO/c1-6-9-10-16(8-3)19(20-13-7-2)17-14-15(4)11-12-18(17)21-5/h11-12,14,16,19-20H,6-10,13H2,1-5H3. The number of hydrogen-bond acceptors (Lipinski definition) is 2. The van der Waals surface area contributed by atoms with E-state index in [1.807, 2.05) is 0 Å². The van der Waals surface area contributed by atoms with Crippen LogP contribution in [0.4, 0.5) is 0 Å². The maximum absolute atomic E-state index is 5.62. The van der Waals surface area contributed by atoms with Gasteiger partial charge in [-0.25, -0.2) is 0 Å². The van der Waals surface area contributed by atoms with Crippen LogP contribution in [-0.4, -0.2) is 13.7 Å². The predicted octanol–water partition coefficient (Wildman–Crippen LogP) is 5.26. The fourth-order valence-corrected chi connectivity index (χ4v) is 3.00. The molecule has 0 heterocycles. The normalized spacial score (nSPS) is 14.0. The minimum Gasteiger partial charge on any atom is -0.496 e. The molecule has 2 atom stereocenters. The van der Waals surface area contributed by atoms with Gasteiger partial charge in [0.05, 0.1) is 7.11 Å². The molecule has 0 aliphatic rings. The van der Waals surface area contributed by atoms with E-state index < -0.39 is 0 Å². The zero-order valence-electron chi connectivity index (χ0n) is 14.5. The van der Waals surface area contributed by atoms with E-state index in [9.17, 15) is 0 Å². The highest BCUT2D eigenvalue weighted by Gasteiger charge is 2.23. The van der Waals surface area contributed by atoms with Gasteiger partial charge >= 0.3 is 0 Å². The molecule has 1 N–H and O–H groups in total. The maximum atomic E-state index is 5.62. The van der Waals surface area contributed by atoms with Crippen LogP contribution in [0.1, 0.15) is 70.0 Å². The van der Waals surface area contributed by atoms with Gasteiger partial charge in [-0.05, 0) is 38.3 Å². The molecule has 0 bridgehead atoms. The Labute approximate surface area is 131 Å². The number of aryl methyl sites for hydroxylation is 1. The Hall–Kier alpha value is -1.02. The number of nitrogens with one attached hydrogen (secondary N) is 1. The molecule has 0 saturated heterocycles. The van der Waals surface area contributed by atoms with Gasteiger partial charge in [0.15, 0.2) is 0 Å². The molecule has 2 unspecified atom stereocenters. The highest BCUT2D eigenvalue weighted by molar-refractivity contribution is 5.39. The number of unbranched alkanes of at least 4 members (excludes halogenated alkanes) is 1. The highest BCUT2D eigenvalue weighted by atomic mass is 16.5. The molecule has 2 nitrogen and oxygen atoms in total. The van der Waals surface area contributed by atoms with E-state index in [2.05, 4.69) is 51.2 Å². The van der Waals surface area contributed by atoms with Gasteiger partial charge in [0, 0.05) is 11.6 Å². The number of ether oxygens (including phenoxy) is 1. The lowest BCUT2D eigenvalue weighted by atomic mass is 9.86. The first-order valence-corrected chi connectivity index (χ1v) is 8.55. The van der Waals surface area contributed by atoms with Gasteiger partial charge in [-0.15, -0.1) is 0 Å². The second-order valence-corrected chi connectivity index (χ2v) is 5.99. The van der Waals surface area contributed by atoms with Crippen LogP contribution in [0.15, 0.2) is 18.2 Å². The second kappa shape index (κ2) is 9.83. The monoisotopic (exact) mass is 291 g/mol. The Morgan fingerprint density at radius 1 is 1.14 bits per heavy atom. The van der Waals surface area contributed by atoms with Gasteiger partial charge < -0.3 is 10.1 Å². The summed E-state index contributed by atoms with van der Waals surface area (Å²) in [6.07, 6.45) is 6.22. The molecule has 0 aliphatic heterocycles. The summed E-state index contributed by atoms with van der Waals surface area (Å²) in [5, 5.41) is 3.77. The fraction of sp³-hybridized carbons (Fsp3) is 0.684. The lowest BCUT2D eigenvalue weighted by Gasteiger charge is -2.29. The molecule has 0 fully saturated rings. The van der Waals surface area contributed by atoms with E-state index in [0.717, 1.165) is 18.7 Å². The summed E-state index contributed by atoms with van der Waals surface area (Å²) in [7, 11) is 1.78. The van der Waals surface area contributed by atoms with Crippen molar-refractivity contribution in [2.45, 2.75) is 65.8 Å². The summed E-state index contributed by atoms with van der Waals surface area (Å²) in [5.74, 6) is 1.69. The number of benzene rings is 1. The molecule has 21 heavy (non-hydrogen) atoms. The Morgan fingerprint density at radius 2 is 1.90 bits per heavy atom. The Bertz CT molecular complexity index is 403. The maximum Gasteiger partial charge on any atom is 0.123 e. The van der Waals surface area contributed by atoms with Crippen LogP contribution in [0.25, 0.3) is 0 Å². The summed E-state index contributed by atoms with van der Waals surface area (Å²) < 4.78 is 5.62. The smallest absolute Gasteiger partial charge is 0.123 e. The second-order valence-electron chi connectivity index (χ2n) is 5.99. The lowest BCUT2D eigenvalue weighted by molar-refractivity contribution is 0.311.